The third-order valence-electron chi connectivity index (χ3n) is 8.42. The molecule has 3 amide bonds. The molecular formula is C32H29F4N3O4. The quantitative estimate of drug-likeness (QED) is 0.289. The van der Waals surface area contributed by atoms with Crippen molar-refractivity contribution in [3.63, 3.8) is 0 Å². The molecule has 1 N–H and O–H groups in total. The third-order valence-corrected chi connectivity index (χ3v) is 8.42. The Morgan fingerprint density at radius 1 is 0.884 bits per heavy atom. The molecule has 0 aromatic heterocycles. The van der Waals surface area contributed by atoms with Gasteiger partial charge in [0.2, 0.25) is 11.8 Å². The van der Waals surface area contributed by atoms with E-state index in [0.29, 0.717) is 29.2 Å². The van der Waals surface area contributed by atoms with Crippen molar-refractivity contribution in [3.8, 4) is 11.5 Å². The van der Waals surface area contributed by atoms with Crippen LogP contribution in [0.25, 0.3) is 0 Å². The van der Waals surface area contributed by atoms with Gasteiger partial charge in [0.15, 0.2) is 0 Å². The highest BCUT2D eigenvalue weighted by atomic mass is 19.4. The summed E-state index contributed by atoms with van der Waals surface area (Å²) >= 11 is 0. The first-order chi connectivity index (χ1) is 20.5. The van der Waals surface area contributed by atoms with E-state index >= 15 is 4.39 Å². The van der Waals surface area contributed by atoms with Crippen LogP contribution in [0.1, 0.15) is 64.2 Å². The number of ether oxygens (including phenoxy) is 1. The van der Waals surface area contributed by atoms with E-state index < -0.39 is 29.5 Å². The van der Waals surface area contributed by atoms with Crippen LogP contribution in [0.2, 0.25) is 0 Å². The van der Waals surface area contributed by atoms with Crippen LogP contribution >= 0.6 is 0 Å². The number of rotatable bonds is 6. The van der Waals surface area contributed by atoms with E-state index in [1.165, 1.54) is 23.1 Å². The van der Waals surface area contributed by atoms with Crippen LogP contribution in [-0.2, 0) is 28.9 Å². The predicted molar refractivity (Wildman–Crippen MR) is 148 cm³/mol. The van der Waals surface area contributed by atoms with Crippen LogP contribution in [0.4, 0.5) is 17.6 Å². The SMILES string of the molecule is O=C1CCC(N2Cc3cc(C4CCN(Cc5ccc(Oc6ccc(C(F)(F)F)cc6)cc5)CC4)c(F)cc3C2=O)C(=O)N1. The smallest absolute Gasteiger partial charge is 0.416 e. The summed E-state index contributed by atoms with van der Waals surface area (Å²) in [5.74, 6) is -0.820. The summed E-state index contributed by atoms with van der Waals surface area (Å²) in [5.41, 5.74) is 1.88. The largest absolute Gasteiger partial charge is 0.457 e. The van der Waals surface area contributed by atoms with E-state index in [4.69, 9.17) is 4.74 Å². The molecule has 11 heteroatoms. The number of hydrogen-bond acceptors (Lipinski definition) is 5. The zero-order chi connectivity index (χ0) is 30.3. The molecule has 2 saturated heterocycles. The Kier molecular flexibility index (Phi) is 7.68. The highest BCUT2D eigenvalue weighted by molar-refractivity contribution is 6.05. The normalized spacial score (nSPS) is 19.9. The minimum Gasteiger partial charge on any atom is -0.457 e. The molecule has 43 heavy (non-hydrogen) atoms. The number of hydrogen-bond donors (Lipinski definition) is 1. The number of amides is 3. The third kappa shape index (κ3) is 6.13. The molecule has 0 saturated carbocycles. The molecule has 3 aromatic rings. The Labute approximate surface area is 245 Å². The van der Waals surface area contributed by atoms with Crippen LogP contribution in [0.15, 0.2) is 60.7 Å². The molecule has 3 aliphatic rings. The van der Waals surface area contributed by atoms with Crippen molar-refractivity contribution in [1.29, 1.82) is 0 Å². The van der Waals surface area contributed by atoms with Gasteiger partial charge in [0.1, 0.15) is 23.4 Å². The number of fused-ring (bicyclic) bond motifs is 1. The van der Waals surface area contributed by atoms with Crippen LogP contribution in [0.3, 0.4) is 0 Å². The second kappa shape index (κ2) is 11.4. The summed E-state index contributed by atoms with van der Waals surface area (Å²) in [6.45, 7) is 2.42. The van der Waals surface area contributed by atoms with Crippen LogP contribution < -0.4 is 10.1 Å². The summed E-state index contributed by atoms with van der Waals surface area (Å²) in [5, 5.41) is 2.28. The number of nitrogens with zero attached hydrogens (tertiary/aromatic N) is 2. The molecule has 224 valence electrons. The van der Waals surface area contributed by atoms with Gasteiger partial charge in [-0.1, -0.05) is 18.2 Å². The first-order valence-corrected chi connectivity index (χ1v) is 14.2. The Balaban J connectivity index is 1.03. The van der Waals surface area contributed by atoms with E-state index in [9.17, 15) is 27.6 Å². The molecule has 3 aromatic carbocycles. The van der Waals surface area contributed by atoms with Crippen molar-refractivity contribution in [2.75, 3.05) is 13.1 Å². The number of carbonyl (C=O) groups excluding carboxylic acids is 3. The molecule has 3 aliphatic heterocycles. The fraction of sp³-hybridized carbons (Fsp3) is 0.344. The first-order valence-electron chi connectivity index (χ1n) is 14.2. The van der Waals surface area contributed by atoms with Crippen molar-refractivity contribution < 1.29 is 36.7 Å². The van der Waals surface area contributed by atoms with Crippen molar-refractivity contribution in [2.24, 2.45) is 0 Å². The van der Waals surface area contributed by atoms with Gasteiger partial charge < -0.3 is 9.64 Å². The molecule has 6 rings (SSSR count). The van der Waals surface area contributed by atoms with Crippen molar-refractivity contribution >= 4 is 17.7 Å². The Morgan fingerprint density at radius 3 is 2.16 bits per heavy atom. The number of benzene rings is 3. The zero-order valence-electron chi connectivity index (χ0n) is 23.1. The van der Waals surface area contributed by atoms with Gasteiger partial charge >= 0.3 is 6.18 Å². The molecule has 0 aliphatic carbocycles. The minimum absolute atomic E-state index is 0.000753. The monoisotopic (exact) mass is 595 g/mol. The lowest BCUT2D eigenvalue weighted by Gasteiger charge is -2.32. The summed E-state index contributed by atoms with van der Waals surface area (Å²) < 4.78 is 59.2. The Bertz CT molecular complexity index is 1550. The number of halogens is 4. The van der Waals surface area contributed by atoms with Gasteiger partial charge in [-0.3, -0.25) is 24.6 Å². The van der Waals surface area contributed by atoms with E-state index in [0.717, 1.165) is 43.6 Å². The fourth-order valence-electron chi connectivity index (χ4n) is 6.09. The average Bonchev–Trinajstić information content (AvgIpc) is 3.28. The number of carbonyl (C=O) groups is 3. The highest BCUT2D eigenvalue weighted by Gasteiger charge is 2.40. The van der Waals surface area contributed by atoms with Gasteiger partial charge in [-0.2, -0.15) is 13.2 Å². The molecular weight excluding hydrogens is 566 g/mol. The molecule has 3 heterocycles. The minimum atomic E-state index is -4.40. The van der Waals surface area contributed by atoms with Gasteiger partial charge in [0, 0.05) is 25.1 Å². The number of alkyl halides is 3. The van der Waals surface area contributed by atoms with E-state index in [-0.39, 0.29) is 42.7 Å². The van der Waals surface area contributed by atoms with Gasteiger partial charge in [0.25, 0.3) is 5.91 Å². The summed E-state index contributed by atoms with van der Waals surface area (Å²) in [6, 6.07) is 14.2. The average molecular weight is 596 g/mol. The standard InChI is InChI=1S/C32H29F4N3O4/c33-27-16-26-21(18-39(31(26)42)28-9-10-29(40)37-30(28)41)15-25(27)20-11-13-38(14-12-20)17-19-1-5-23(6-2-19)43-24-7-3-22(4-8-24)32(34,35)36/h1-8,15-16,20,28H,9-14,17-18H2,(H,37,40,41). The van der Waals surface area contributed by atoms with Crippen molar-refractivity contribution in [2.45, 2.75) is 56.9 Å². The maximum absolute atomic E-state index is 15.2. The second-order valence-corrected chi connectivity index (χ2v) is 11.2. The number of piperidine rings is 2. The lowest BCUT2D eigenvalue weighted by molar-refractivity contribution is -0.138. The molecule has 1 unspecified atom stereocenters. The predicted octanol–water partition coefficient (Wildman–Crippen LogP) is 5.78. The van der Waals surface area contributed by atoms with Crippen molar-refractivity contribution in [3.05, 3.63) is 94.3 Å². The van der Waals surface area contributed by atoms with Crippen LogP contribution in [0.5, 0.6) is 11.5 Å². The fourth-order valence-corrected chi connectivity index (χ4v) is 6.09. The van der Waals surface area contributed by atoms with Gasteiger partial charge in [-0.25, -0.2) is 4.39 Å². The molecule has 0 radical (unpaired) electrons. The van der Waals surface area contributed by atoms with E-state index in [1.807, 2.05) is 12.1 Å². The lowest BCUT2D eigenvalue weighted by Crippen LogP contribution is -2.52. The molecule has 0 bridgehead atoms. The number of likely N-dealkylation sites (tertiary alicyclic amines) is 1. The summed E-state index contributed by atoms with van der Waals surface area (Å²) in [6.07, 6.45) is -2.49. The topological polar surface area (TPSA) is 79.0 Å². The summed E-state index contributed by atoms with van der Waals surface area (Å²) in [7, 11) is 0. The van der Waals surface area contributed by atoms with Crippen molar-refractivity contribution in [1.82, 2.24) is 15.1 Å². The highest BCUT2D eigenvalue weighted by Crippen LogP contribution is 2.36. The van der Waals surface area contributed by atoms with Gasteiger partial charge in [0.05, 0.1) is 5.56 Å². The molecule has 0 spiro atoms. The summed E-state index contributed by atoms with van der Waals surface area (Å²) in [4.78, 5) is 40.5. The zero-order valence-corrected chi connectivity index (χ0v) is 23.1. The number of nitrogens with one attached hydrogen (secondary N) is 1. The molecule has 7 nitrogen and oxygen atoms in total. The maximum Gasteiger partial charge on any atom is 0.416 e. The van der Waals surface area contributed by atoms with Gasteiger partial charge in [-0.05, 0) is 97.4 Å². The Hall–Kier alpha value is -4.25. The van der Waals surface area contributed by atoms with E-state index in [2.05, 4.69) is 10.2 Å². The van der Waals surface area contributed by atoms with E-state index in [1.54, 1.807) is 18.2 Å². The van der Waals surface area contributed by atoms with Crippen LogP contribution in [-0.4, -0.2) is 46.7 Å². The Morgan fingerprint density at radius 2 is 1.53 bits per heavy atom. The molecule has 1 atom stereocenters. The second-order valence-electron chi connectivity index (χ2n) is 11.2. The first kappa shape index (κ1) is 28.9. The van der Waals surface area contributed by atoms with Crippen LogP contribution in [0, 0.1) is 5.82 Å². The maximum atomic E-state index is 15.2. The van der Waals surface area contributed by atoms with Gasteiger partial charge in [-0.15, -0.1) is 0 Å². The molecule has 2 fully saturated rings. The number of imide groups is 1. The lowest BCUT2D eigenvalue weighted by atomic mass is 9.87.